The molecule has 0 radical (unpaired) electrons. The van der Waals surface area contributed by atoms with E-state index in [-0.39, 0.29) is 16.7 Å². The Morgan fingerprint density at radius 2 is 1.93 bits per heavy atom. The number of nitrogens with one attached hydrogen (secondary N) is 1. The largest absolute Gasteiger partial charge is 0.348 e. The summed E-state index contributed by atoms with van der Waals surface area (Å²) in [4.78, 5) is 12.9. The van der Waals surface area contributed by atoms with Crippen LogP contribution in [0.2, 0.25) is 5.02 Å². The quantitative estimate of drug-likeness (QED) is 0.378. The van der Waals surface area contributed by atoms with Gasteiger partial charge in [0.05, 0.1) is 11.0 Å². The van der Waals surface area contributed by atoms with E-state index in [1.54, 1.807) is 24.3 Å². The summed E-state index contributed by atoms with van der Waals surface area (Å²) in [7, 11) is 0. The van der Waals surface area contributed by atoms with Crippen molar-refractivity contribution in [2.75, 3.05) is 11.9 Å². The molecule has 142 valence electrons. The standard InChI is InChI=1S/C20H17ClN4O2S/c21-15-6-8-16(9-7-15)22-20(28)24-12-11-23-10-2-5-18(23)19(24)14-3-1-4-17(13-14)25(26)27/h1-10,13,19H,11-12H2,(H,22,28)/t19-/m1/s1. The Morgan fingerprint density at radius 1 is 1.14 bits per heavy atom. The van der Waals surface area contributed by atoms with Crippen LogP contribution in [0.15, 0.2) is 66.9 Å². The summed E-state index contributed by atoms with van der Waals surface area (Å²) in [6.07, 6.45) is 2.02. The van der Waals surface area contributed by atoms with Crippen molar-refractivity contribution >= 4 is 40.3 Å². The van der Waals surface area contributed by atoms with Gasteiger partial charge in [0, 0.05) is 47.8 Å². The number of benzene rings is 2. The van der Waals surface area contributed by atoms with Gasteiger partial charge < -0.3 is 14.8 Å². The topological polar surface area (TPSA) is 63.3 Å². The maximum Gasteiger partial charge on any atom is 0.269 e. The first kappa shape index (κ1) is 18.5. The molecule has 0 saturated heterocycles. The highest BCUT2D eigenvalue weighted by molar-refractivity contribution is 7.80. The van der Waals surface area contributed by atoms with Crippen LogP contribution in [0.1, 0.15) is 17.3 Å². The molecule has 0 aliphatic carbocycles. The lowest BCUT2D eigenvalue weighted by atomic mass is 10.00. The summed E-state index contributed by atoms with van der Waals surface area (Å²) < 4.78 is 2.16. The molecule has 0 spiro atoms. The van der Waals surface area contributed by atoms with Crippen molar-refractivity contribution in [1.82, 2.24) is 9.47 Å². The minimum atomic E-state index is -0.375. The van der Waals surface area contributed by atoms with Gasteiger partial charge in [-0.1, -0.05) is 23.7 Å². The summed E-state index contributed by atoms with van der Waals surface area (Å²) in [5, 5.41) is 15.7. The Balaban J connectivity index is 1.69. The van der Waals surface area contributed by atoms with Gasteiger partial charge in [-0.3, -0.25) is 10.1 Å². The van der Waals surface area contributed by atoms with E-state index in [1.807, 2.05) is 36.5 Å². The van der Waals surface area contributed by atoms with Gasteiger partial charge in [-0.2, -0.15) is 0 Å². The maximum atomic E-state index is 11.3. The molecule has 0 unspecified atom stereocenters. The zero-order chi connectivity index (χ0) is 19.7. The molecule has 0 bridgehead atoms. The van der Waals surface area contributed by atoms with Crippen LogP contribution in [-0.2, 0) is 6.54 Å². The van der Waals surface area contributed by atoms with E-state index in [0.717, 1.165) is 23.5 Å². The molecule has 2 heterocycles. The van der Waals surface area contributed by atoms with Crippen molar-refractivity contribution in [3.8, 4) is 0 Å². The highest BCUT2D eigenvalue weighted by atomic mass is 35.5. The van der Waals surface area contributed by atoms with Crippen LogP contribution in [0.3, 0.4) is 0 Å². The smallest absolute Gasteiger partial charge is 0.269 e. The lowest BCUT2D eigenvalue weighted by molar-refractivity contribution is -0.384. The molecular weight excluding hydrogens is 396 g/mol. The fraction of sp³-hybridized carbons (Fsp3) is 0.150. The third kappa shape index (κ3) is 3.58. The number of fused-ring (bicyclic) bond motifs is 1. The number of nitro benzene ring substituents is 1. The van der Waals surface area contributed by atoms with Gasteiger partial charge in [0.1, 0.15) is 0 Å². The van der Waals surface area contributed by atoms with E-state index in [0.29, 0.717) is 16.7 Å². The summed E-state index contributed by atoms with van der Waals surface area (Å²) in [6.45, 7) is 1.48. The third-order valence-corrected chi connectivity index (χ3v) is 5.38. The summed E-state index contributed by atoms with van der Waals surface area (Å²) in [5.41, 5.74) is 2.78. The fourth-order valence-electron chi connectivity index (χ4n) is 3.49. The van der Waals surface area contributed by atoms with E-state index in [1.165, 1.54) is 6.07 Å². The molecule has 8 heteroatoms. The molecule has 0 fully saturated rings. The van der Waals surface area contributed by atoms with Crippen molar-refractivity contribution in [2.45, 2.75) is 12.6 Å². The molecule has 1 N–H and O–H groups in total. The van der Waals surface area contributed by atoms with Crippen molar-refractivity contribution in [1.29, 1.82) is 0 Å². The average molecular weight is 413 g/mol. The molecule has 3 aromatic rings. The Morgan fingerprint density at radius 3 is 2.68 bits per heavy atom. The van der Waals surface area contributed by atoms with Gasteiger partial charge in [0.2, 0.25) is 0 Å². The number of rotatable bonds is 3. The lowest BCUT2D eigenvalue weighted by Gasteiger charge is -2.39. The first-order valence-electron chi connectivity index (χ1n) is 8.75. The molecule has 6 nitrogen and oxygen atoms in total. The zero-order valence-electron chi connectivity index (χ0n) is 14.8. The number of halogens is 1. The number of nitro groups is 1. The first-order chi connectivity index (χ1) is 13.5. The number of aromatic nitrogens is 1. The molecule has 28 heavy (non-hydrogen) atoms. The number of thiocarbonyl (C=S) groups is 1. The van der Waals surface area contributed by atoms with Gasteiger partial charge in [0.25, 0.3) is 5.69 Å². The molecule has 2 aromatic carbocycles. The van der Waals surface area contributed by atoms with Gasteiger partial charge in [0.15, 0.2) is 5.11 Å². The van der Waals surface area contributed by atoms with Crippen molar-refractivity contribution < 1.29 is 4.92 Å². The molecule has 0 saturated carbocycles. The van der Waals surface area contributed by atoms with Crippen LogP contribution >= 0.6 is 23.8 Å². The van der Waals surface area contributed by atoms with Gasteiger partial charge >= 0.3 is 0 Å². The molecule has 0 amide bonds. The fourth-order valence-corrected chi connectivity index (χ4v) is 3.93. The summed E-state index contributed by atoms with van der Waals surface area (Å²) >= 11 is 11.6. The minimum absolute atomic E-state index is 0.0673. The van der Waals surface area contributed by atoms with Gasteiger partial charge in [-0.15, -0.1) is 0 Å². The predicted octanol–water partition coefficient (Wildman–Crippen LogP) is 4.85. The number of nitrogens with zero attached hydrogens (tertiary/aromatic N) is 3. The van der Waals surface area contributed by atoms with E-state index in [4.69, 9.17) is 23.8 Å². The molecule has 1 aliphatic heterocycles. The van der Waals surface area contributed by atoms with E-state index >= 15 is 0 Å². The first-order valence-corrected chi connectivity index (χ1v) is 9.54. The van der Waals surface area contributed by atoms with Gasteiger partial charge in [-0.05, 0) is 54.2 Å². The highest BCUT2D eigenvalue weighted by Gasteiger charge is 2.31. The Kier molecular flexibility index (Phi) is 5.02. The summed E-state index contributed by atoms with van der Waals surface area (Å²) in [6, 6.07) is 17.9. The van der Waals surface area contributed by atoms with Crippen molar-refractivity contribution in [2.24, 2.45) is 0 Å². The minimum Gasteiger partial charge on any atom is -0.348 e. The van der Waals surface area contributed by atoms with Crippen LogP contribution in [-0.4, -0.2) is 26.0 Å². The Bertz CT molecular complexity index is 1030. The predicted molar refractivity (Wildman–Crippen MR) is 114 cm³/mol. The van der Waals surface area contributed by atoms with Crippen LogP contribution in [0.25, 0.3) is 0 Å². The SMILES string of the molecule is O=[N+]([O-])c1cccc([C@@H]2c3cccn3CCN2C(=S)Nc2ccc(Cl)cc2)c1. The van der Waals surface area contributed by atoms with E-state index in [9.17, 15) is 10.1 Å². The van der Waals surface area contributed by atoms with Crippen LogP contribution in [0, 0.1) is 10.1 Å². The molecule has 1 atom stereocenters. The Hall–Kier alpha value is -2.90. The second-order valence-corrected chi connectivity index (χ2v) is 7.33. The number of non-ortho nitro benzene ring substituents is 1. The molecule has 1 aliphatic rings. The van der Waals surface area contributed by atoms with Crippen LogP contribution in [0.5, 0.6) is 0 Å². The number of hydrogen-bond donors (Lipinski definition) is 1. The van der Waals surface area contributed by atoms with Gasteiger partial charge in [-0.25, -0.2) is 0 Å². The number of hydrogen-bond acceptors (Lipinski definition) is 3. The zero-order valence-corrected chi connectivity index (χ0v) is 16.4. The maximum absolute atomic E-state index is 11.3. The Labute approximate surface area is 172 Å². The summed E-state index contributed by atoms with van der Waals surface area (Å²) in [5.74, 6) is 0. The molecular formula is C20H17ClN4O2S. The van der Waals surface area contributed by atoms with E-state index in [2.05, 4.69) is 14.8 Å². The highest BCUT2D eigenvalue weighted by Crippen LogP contribution is 2.34. The molecule has 4 rings (SSSR count). The second kappa shape index (κ2) is 7.61. The lowest BCUT2D eigenvalue weighted by Crippen LogP contribution is -2.44. The van der Waals surface area contributed by atoms with Crippen LogP contribution < -0.4 is 5.32 Å². The monoisotopic (exact) mass is 412 g/mol. The normalized spacial score (nSPS) is 15.8. The number of anilines is 1. The van der Waals surface area contributed by atoms with Crippen molar-refractivity contribution in [3.63, 3.8) is 0 Å². The second-order valence-electron chi connectivity index (χ2n) is 6.51. The molecule has 1 aromatic heterocycles. The third-order valence-electron chi connectivity index (χ3n) is 4.79. The van der Waals surface area contributed by atoms with E-state index < -0.39 is 0 Å². The van der Waals surface area contributed by atoms with Crippen LogP contribution in [0.4, 0.5) is 11.4 Å². The van der Waals surface area contributed by atoms with Crippen molar-refractivity contribution in [3.05, 3.63) is 93.3 Å². The average Bonchev–Trinajstić information content (AvgIpc) is 3.17.